The van der Waals surface area contributed by atoms with Crippen molar-refractivity contribution >= 4 is 11.6 Å². The molecule has 0 saturated carbocycles. The molecule has 0 spiro atoms. The lowest BCUT2D eigenvalue weighted by molar-refractivity contribution is 0.0203. The number of hydrogen-bond donors (Lipinski definition) is 3. The topological polar surface area (TPSA) is 84.5 Å². The van der Waals surface area contributed by atoms with Crippen LogP contribution in [-0.2, 0) is 0 Å². The van der Waals surface area contributed by atoms with E-state index < -0.39 is 12.2 Å². The van der Waals surface area contributed by atoms with E-state index in [1.54, 1.807) is 6.07 Å². The molecule has 2 unspecified atom stereocenters. The van der Waals surface area contributed by atoms with Gasteiger partial charge in [0, 0.05) is 10.6 Å². The van der Waals surface area contributed by atoms with Crippen molar-refractivity contribution in [3.05, 3.63) is 28.8 Å². The van der Waals surface area contributed by atoms with Crippen LogP contribution in [-0.4, -0.2) is 21.4 Å². The van der Waals surface area contributed by atoms with E-state index >= 15 is 0 Å². The number of phenols is 1. The van der Waals surface area contributed by atoms with Crippen molar-refractivity contribution < 1.29 is 15.3 Å². The Balaban J connectivity index is 2.91. The molecule has 0 fully saturated rings. The van der Waals surface area contributed by atoms with Gasteiger partial charge in [0.05, 0.1) is 18.6 Å². The van der Waals surface area contributed by atoms with Crippen molar-refractivity contribution in [1.29, 1.82) is 5.26 Å². The van der Waals surface area contributed by atoms with Gasteiger partial charge in [-0.1, -0.05) is 17.7 Å². The van der Waals surface area contributed by atoms with Gasteiger partial charge in [-0.25, -0.2) is 0 Å². The summed E-state index contributed by atoms with van der Waals surface area (Å²) in [6.07, 6.45) is -2.72. The average Bonchev–Trinajstić information content (AvgIpc) is 2.17. The zero-order chi connectivity index (χ0) is 11.4. The van der Waals surface area contributed by atoms with Gasteiger partial charge in [-0.15, -0.1) is 0 Å². The van der Waals surface area contributed by atoms with Gasteiger partial charge in [-0.2, -0.15) is 5.26 Å². The first-order valence-electron chi connectivity index (χ1n) is 4.27. The largest absolute Gasteiger partial charge is 0.508 e. The van der Waals surface area contributed by atoms with Gasteiger partial charge in [-0.3, -0.25) is 0 Å². The van der Waals surface area contributed by atoms with Crippen molar-refractivity contribution in [2.45, 2.75) is 18.6 Å². The van der Waals surface area contributed by atoms with E-state index in [4.69, 9.17) is 16.9 Å². The Bertz CT molecular complexity index is 389. The summed E-state index contributed by atoms with van der Waals surface area (Å²) in [6, 6.07) is 5.89. The summed E-state index contributed by atoms with van der Waals surface area (Å²) >= 11 is 5.61. The molecule has 5 heteroatoms. The van der Waals surface area contributed by atoms with E-state index in [2.05, 4.69) is 0 Å². The minimum Gasteiger partial charge on any atom is -0.508 e. The lowest BCUT2D eigenvalue weighted by Crippen LogP contribution is -2.17. The quantitative estimate of drug-likeness (QED) is 0.728. The van der Waals surface area contributed by atoms with E-state index in [0.29, 0.717) is 5.02 Å². The van der Waals surface area contributed by atoms with Gasteiger partial charge < -0.3 is 15.3 Å². The second-order valence-corrected chi connectivity index (χ2v) is 3.51. The van der Waals surface area contributed by atoms with Crippen LogP contribution in [0.25, 0.3) is 0 Å². The van der Waals surface area contributed by atoms with Crippen molar-refractivity contribution in [3.63, 3.8) is 0 Å². The zero-order valence-electron chi connectivity index (χ0n) is 7.76. The maximum atomic E-state index is 9.59. The number of hydrogen-bond acceptors (Lipinski definition) is 4. The van der Waals surface area contributed by atoms with Crippen molar-refractivity contribution in [1.82, 2.24) is 0 Å². The predicted octanol–water partition coefficient (Wildman–Crippen LogP) is 1.35. The average molecular weight is 228 g/mol. The van der Waals surface area contributed by atoms with Gasteiger partial charge in [0.1, 0.15) is 11.9 Å². The van der Waals surface area contributed by atoms with Crippen LogP contribution in [0, 0.1) is 11.3 Å². The third-order valence-electron chi connectivity index (χ3n) is 1.98. The van der Waals surface area contributed by atoms with Gasteiger partial charge in [0.15, 0.2) is 0 Å². The molecule has 1 rings (SSSR count). The van der Waals surface area contributed by atoms with Gasteiger partial charge in [0.2, 0.25) is 0 Å². The molecule has 0 heterocycles. The minimum atomic E-state index is -1.29. The van der Waals surface area contributed by atoms with Crippen LogP contribution in [0.5, 0.6) is 5.75 Å². The number of benzene rings is 1. The van der Waals surface area contributed by atoms with E-state index in [-0.39, 0.29) is 17.7 Å². The molecule has 0 aliphatic carbocycles. The Morgan fingerprint density at radius 3 is 2.60 bits per heavy atom. The Morgan fingerprint density at radius 2 is 2.07 bits per heavy atom. The standard InChI is InChI=1S/C10H10ClNO3/c11-6-1-2-7(9(14)5-6)10(15)8(13)3-4-12/h1-2,5,8,10,13-15H,3H2. The highest BCUT2D eigenvalue weighted by Gasteiger charge is 2.20. The number of aliphatic hydroxyl groups is 2. The third-order valence-corrected chi connectivity index (χ3v) is 2.21. The van der Waals surface area contributed by atoms with E-state index in [1.807, 2.05) is 0 Å². The second-order valence-electron chi connectivity index (χ2n) is 3.08. The van der Waals surface area contributed by atoms with Gasteiger partial charge >= 0.3 is 0 Å². The number of aliphatic hydroxyl groups excluding tert-OH is 2. The number of rotatable bonds is 3. The van der Waals surface area contributed by atoms with Crippen molar-refractivity contribution in [2.75, 3.05) is 0 Å². The molecule has 0 amide bonds. The van der Waals surface area contributed by atoms with Crippen LogP contribution in [0.1, 0.15) is 18.1 Å². The summed E-state index contributed by atoms with van der Waals surface area (Å²) in [6.45, 7) is 0. The number of aromatic hydroxyl groups is 1. The molecule has 80 valence electrons. The highest BCUT2D eigenvalue weighted by molar-refractivity contribution is 6.30. The lowest BCUT2D eigenvalue weighted by atomic mass is 10.0. The van der Waals surface area contributed by atoms with Crippen LogP contribution in [0.3, 0.4) is 0 Å². The van der Waals surface area contributed by atoms with Crippen LogP contribution in [0.2, 0.25) is 5.02 Å². The first kappa shape index (κ1) is 11.8. The molecule has 1 aromatic rings. The molecule has 0 aromatic heterocycles. The molecular weight excluding hydrogens is 218 g/mol. The van der Waals surface area contributed by atoms with Gasteiger partial charge in [0.25, 0.3) is 0 Å². The Labute approximate surface area is 92.0 Å². The first-order valence-corrected chi connectivity index (χ1v) is 4.65. The van der Waals surface area contributed by atoms with Crippen LogP contribution in [0.15, 0.2) is 18.2 Å². The summed E-state index contributed by atoms with van der Waals surface area (Å²) in [5.74, 6) is -0.202. The highest BCUT2D eigenvalue weighted by Crippen LogP contribution is 2.29. The molecule has 0 bridgehead atoms. The zero-order valence-corrected chi connectivity index (χ0v) is 8.52. The van der Waals surface area contributed by atoms with Gasteiger partial charge in [-0.05, 0) is 12.1 Å². The molecule has 15 heavy (non-hydrogen) atoms. The summed E-state index contributed by atoms with van der Waals surface area (Å²) in [5, 5.41) is 37.0. The Kier molecular flexibility index (Phi) is 3.92. The first-order chi connectivity index (χ1) is 7.06. The molecule has 0 aliphatic heterocycles. The van der Waals surface area contributed by atoms with Crippen LogP contribution in [0.4, 0.5) is 0 Å². The van der Waals surface area contributed by atoms with Crippen LogP contribution < -0.4 is 0 Å². The summed E-state index contributed by atoms with van der Waals surface area (Å²) < 4.78 is 0. The third kappa shape index (κ3) is 2.83. The van der Waals surface area contributed by atoms with E-state index in [1.165, 1.54) is 18.2 Å². The number of nitriles is 1. The van der Waals surface area contributed by atoms with E-state index in [0.717, 1.165) is 0 Å². The predicted molar refractivity (Wildman–Crippen MR) is 54.3 cm³/mol. The van der Waals surface area contributed by atoms with Crippen LogP contribution >= 0.6 is 11.6 Å². The SMILES string of the molecule is N#CCC(O)C(O)c1ccc(Cl)cc1O. The molecule has 0 aliphatic rings. The monoisotopic (exact) mass is 227 g/mol. The molecule has 0 radical (unpaired) electrons. The fourth-order valence-electron chi connectivity index (χ4n) is 1.18. The molecule has 2 atom stereocenters. The summed E-state index contributed by atoms with van der Waals surface area (Å²) in [7, 11) is 0. The van der Waals surface area contributed by atoms with Crippen molar-refractivity contribution in [3.8, 4) is 11.8 Å². The maximum absolute atomic E-state index is 9.59. The molecule has 0 saturated heterocycles. The fourth-order valence-corrected chi connectivity index (χ4v) is 1.35. The molecular formula is C10H10ClNO3. The minimum absolute atomic E-state index is 0.155. The maximum Gasteiger partial charge on any atom is 0.122 e. The smallest absolute Gasteiger partial charge is 0.122 e. The molecule has 3 N–H and O–H groups in total. The van der Waals surface area contributed by atoms with Crippen molar-refractivity contribution in [2.24, 2.45) is 0 Å². The number of nitrogens with zero attached hydrogens (tertiary/aromatic N) is 1. The number of phenolic OH excluding ortho intramolecular Hbond substituents is 1. The highest BCUT2D eigenvalue weighted by atomic mass is 35.5. The Morgan fingerprint density at radius 1 is 1.40 bits per heavy atom. The molecule has 1 aromatic carbocycles. The molecule has 4 nitrogen and oxygen atoms in total. The summed E-state index contributed by atoms with van der Waals surface area (Å²) in [4.78, 5) is 0. The second kappa shape index (κ2) is 4.99. The lowest BCUT2D eigenvalue weighted by Gasteiger charge is -2.16. The summed E-state index contributed by atoms with van der Waals surface area (Å²) in [5.41, 5.74) is 0.155. The normalized spacial score (nSPS) is 14.3. The van der Waals surface area contributed by atoms with E-state index in [9.17, 15) is 15.3 Å². The number of halogens is 1. The Hall–Kier alpha value is -1.28. The fraction of sp³-hybridized carbons (Fsp3) is 0.300.